The number of phosphoric acid groups is 1. The Bertz CT molecular complexity index is 1490. The molecule has 0 aliphatic carbocycles. The lowest BCUT2D eigenvalue weighted by Crippen LogP contribution is -2.37. The maximum atomic E-state index is 12.8. The molecule has 72 heavy (non-hydrogen) atoms. The number of hydrogen-bond acceptors (Lipinski definition) is 8. The molecule has 0 amide bonds. The smallest absolute Gasteiger partial charge is 0.306 e. The highest BCUT2D eigenvalue weighted by Gasteiger charge is 2.22. The molecule has 0 aliphatic heterocycles. The highest BCUT2D eigenvalue weighted by atomic mass is 31.2. The number of allylic oxidation sites excluding steroid dienone is 14. The van der Waals surface area contributed by atoms with Crippen molar-refractivity contribution in [3.8, 4) is 0 Å². The van der Waals surface area contributed by atoms with Crippen LogP contribution in [0, 0.1) is 0 Å². The van der Waals surface area contributed by atoms with Gasteiger partial charge in [0.25, 0.3) is 7.82 Å². The molecule has 10 heteroatoms. The molecule has 0 N–H and O–H groups in total. The Balaban J connectivity index is 4.14. The van der Waals surface area contributed by atoms with Gasteiger partial charge in [0.05, 0.1) is 27.7 Å². The molecule has 2 unspecified atom stereocenters. The van der Waals surface area contributed by atoms with Crippen LogP contribution in [0.3, 0.4) is 0 Å². The third-order valence-electron chi connectivity index (χ3n) is 12.4. The molecule has 0 aromatic rings. The summed E-state index contributed by atoms with van der Waals surface area (Å²) in [6.07, 6.45) is 70.5. The molecule has 0 bridgehead atoms. The summed E-state index contributed by atoms with van der Waals surface area (Å²) in [4.78, 5) is 37.9. The zero-order chi connectivity index (χ0) is 52.7. The number of hydrogen-bond donors (Lipinski definition) is 0. The van der Waals surface area contributed by atoms with E-state index in [4.69, 9.17) is 18.5 Å². The average molecular weight is 1030 g/mol. The second-order valence-corrected chi connectivity index (χ2v) is 22.0. The number of rotatable bonds is 53. The van der Waals surface area contributed by atoms with Crippen molar-refractivity contribution in [2.45, 2.75) is 251 Å². The predicted molar refractivity (Wildman–Crippen MR) is 305 cm³/mol. The molecule has 0 fully saturated rings. The maximum Gasteiger partial charge on any atom is 0.306 e. The molecule has 2 atom stereocenters. The molecule has 0 spiro atoms. The minimum Gasteiger partial charge on any atom is -0.756 e. The van der Waals surface area contributed by atoms with Crippen molar-refractivity contribution in [3.63, 3.8) is 0 Å². The van der Waals surface area contributed by atoms with Crippen molar-refractivity contribution in [3.05, 3.63) is 85.1 Å². The van der Waals surface area contributed by atoms with Gasteiger partial charge < -0.3 is 27.9 Å². The van der Waals surface area contributed by atoms with Crippen LogP contribution in [0.15, 0.2) is 85.1 Å². The Morgan fingerprint density at radius 3 is 1.18 bits per heavy atom. The molecule has 9 nitrogen and oxygen atoms in total. The van der Waals surface area contributed by atoms with Crippen LogP contribution >= 0.6 is 7.82 Å². The van der Waals surface area contributed by atoms with E-state index in [2.05, 4.69) is 98.9 Å². The third-order valence-corrected chi connectivity index (χ3v) is 13.4. The molecular formula is C62H110NO8P. The van der Waals surface area contributed by atoms with Crippen LogP contribution in [0.2, 0.25) is 0 Å². The normalized spacial score (nSPS) is 13.9. The van der Waals surface area contributed by atoms with Gasteiger partial charge in [-0.1, -0.05) is 227 Å². The summed E-state index contributed by atoms with van der Waals surface area (Å²) in [5, 5.41) is 0. The van der Waals surface area contributed by atoms with Gasteiger partial charge in [-0.25, -0.2) is 0 Å². The van der Waals surface area contributed by atoms with E-state index in [-0.39, 0.29) is 26.1 Å². The van der Waals surface area contributed by atoms with E-state index in [1.54, 1.807) is 0 Å². The van der Waals surface area contributed by atoms with Crippen molar-refractivity contribution in [2.75, 3.05) is 47.5 Å². The number of esters is 2. The molecule has 0 aromatic heterocycles. The molecule has 0 radical (unpaired) electrons. The van der Waals surface area contributed by atoms with Gasteiger partial charge in [-0.15, -0.1) is 0 Å². The standard InChI is InChI=1S/C62H110NO8P/c1-6-8-10-12-14-16-18-20-22-24-26-27-28-29-30-31-32-33-34-35-37-39-41-43-45-47-49-51-53-55-62(65)71-60(59-70-72(66,67)69-57-56-63(3,4)5)58-68-61(64)54-52-50-48-46-44-42-40-38-36-25-23-21-19-17-15-13-11-9-7-2/h8,10,14-17,20-23,26-27,36,38,60H,6-7,9,11-13,18-19,24-25,28-35,37,39-59H2,1-5H3/b10-8-,16-14-,17-15-,22-20-,23-21-,27-26-,38-36-. The lowest BCUT2D eigenvalue weighted by molar-refractivity contribution is -0.870. The fourth-order valence-corrected chi connectivity index (χ4v) is 8.62. The summed E-state index contributed by atoms with van der Waals surface area (Å²) in [7, 11) is 1.15. The fraction of sp³-hybridized carbons (Fsp3) is 0.742. The van der Waals surface area contributed by atoms with Gasteiger partial charge in [-0.05, 0) is 89.9 Å². The zero-order valence-electron chi connectivity index (χ0n) is 47.1. The molecule has 0 saturated heterocycles. The summed E-state index contributed by atoms with van der Waals surface area (Å²) in [6, 6.07) is 0. The fourth-order valence-electron chi connectivity index (χ4n) is 7.89. The first-order valence-corrected chi connectivity index (χ1v) is 30.8. The summed E-state index contributed by atoms with van der Waals surface area (Å²) < 4.78 is 34.2. The Kier molecular flexibility index (Phi) is 51.0. The van der Waals surface area contributed by atoms with Crippen LogP contribution in [-0.4, -0.2) is 70.0 Å². The quantitative estimate of drug-likeness (QED) is 0.0195. The van der Waals surface area contributed by atoms with Crippen molar-refractivity contribution in [1.29, 1.82) is 0 Å². The molecule has 0 rings (SSSR count). The molecule has 416 valence electrons. The van der Waals surface area contributed by atoms with Crippen LogP contribution in [0.25, 0.3) is 0 Å². The lowest BCUT2D eigenvalue weighted by Gasteiger charge is -2.28. The van der Waals surface area contributed by atoms with Crippen LogP contribution in [0.1, 0.15) is 245 Å². The topological polar surface area (TPSA) is 111 Å². The van der Waals surface area contributed by atoms with Gasteiger partial charge in [0, 0.05) is 12.8 Å². The molecular weight excluding hydrogens is 918 g/mol. The minimum absolute atomic E-state index is 0.0358. The second-order valence-electron chi connectivity index (χ2n) is 20.6. The average Bonchev–Trinajstić information content (AvgIpc) is 3.34. The van der Waals surface area contributed by atoms with Gasteiger partial charge in [-0.3, -0.25) is 14.2 Å². The van der Waals surface area contributed by atoms with Crippen LogP contribution < -0.4 is 4.89 Å². The summed E-state index contributed by atoms with van der Waals surface area (Å²) in [5.74, 6) is -0.846. The Morgan fingerprint density at radius 1 is 0.444 bits per heavy atom. The first-order valence-electron chi connectivity index (χ1n) is 29.3. The van der Waals surface area contributed by atoms with E-state index in [1.807, 2.05) is 21.1 Å². The highest BCUT2D eigenvalue weighted by Crippen LogP contribution is 2.38. The van der Waals surface area contributed by atoms with E-state index in [0.717, 1.165) is 83.5 Å². The number of nitrogens with zero attached hydrogens (tertiary/aromatic N) is 1. The van der Waals surface area contributed by atoms with E-state index < -0.39 is 32.5 Å². The van der Waals surface area contributed by atoms with Gasteiger partial charge in [0.15, 0.2) is 6.10 Å². The maximum absolute atomic E-state index is 12.8. The third kappa shape index (κ3) is 56.5. The van der Waals surface area contributed by atoms with Crippen molar-refractivity contribution in [1.82, 2.24) is 0 Å². The van der Waals surface area contributed by atoms with E-state index in [0.29, 0.717) is 23.9 Å². The van der Waals surface area contributed by atoms with Gasteiger partial charge in [0.2, 0.25) is 0 Å². The van der Waals surface area contributed by atoms with Gasteiger partial charge >= 0.3 is 11.9 Å². The van der Waals surface area contributed by atoms with Crippen molar-refractivity contribution in [2.24, 2.45) is 0 Å². The summed E-state index contributed by atoms with van der Waals surface area (Å²) >= 11 is 0. The number of phosphoric ester groups is 1. The number of carbonyl (C=O) groups is 2. The first-order chi connectivity index (χ1) is 35.0. The predicted octanol–water partition coefficient (Wildman–Crippen LogP) is 17.6. The van der Waals surface area contributed by atoms with E-state index in [9.17, 15) is 19.0 Å². The number of likely N-dealkylation sites (N-methyl/N-ethyl adjacent to an activating group) is 1. The monoisotopic (exact) mass is 1030 g/mol. The van der Waals surface area contributed by atoms with E-state index in [1.165, 1.54) is 122 Å². The number of ether oxygens (including phenoxy) is 2. The van der Waals surface area contributed by atoms with Gasteiger partial charge in [-0.2, -0.15) is 0 Å². The SMILES string of the molecule is CC/C=C\C/C=C\C/C=C\C/C=C\CCCCCCCCCCCCCCCCCCC(=O)OC(COC(=O)CCCCCCCC/C=C\C/C=C\C/C=C\CCCCC)COP(=O)([O-])OCC[N+](C)(C)C. The Morgan fingerprint density at radius 2 is 0.792 bits per heavy atom. The number of carbonyl (C=O) groups excluding carboxylic acids is 2. The molecule has 0 saturated carbocycles. The summed E-state index contributed by atoms with van der Waals surface area (Å²) in [6.45, 7) is 4.09. The van der Waals surface area contributed by atoms with Crippen LogP contribution in [0.5, 0.6) is 0 Å². The van der Waals surface area contributed by atoms with Gasteiger partial charge in [0.1, 0.15) is 19.8 Å². The van der Waals surface area contributed by atoms with Crippen molar-refractivity contribution < 1.29 is 42.1 Å². The molecule has 0 aromatic carbocycles. The minimum atomic E-state index is -4.64. The number of unbranched alkanes of at least 4 members (excludes halogenated alkanes) is 25. The first kappa shape index (κ1) is 69.2. The largest absolute Gasteiger partial charge is 0.756 e. The number of quaternary nitrogens is 1. The van der Waals surface area contributed by atoms with Crippen LogP contribution in [0.4, 0.5) is 0 Å². The Labute approximate surface area is 443 Å². The highest BCUT2D eigenvalue weighted by molar-refractivity contribution is 7.45. The zero-order valence-corrected chi connectivity index (χ0v) is 48.0. The van der Waals surface area contributed by atoms with E-state index >= 15 is 0 Å². The van der Waals surface area contributed by atoms with Crippen LogP contribution in [-0.2, 0) is 32.7 Å². The molecule has 0 aliphatic rings. The van der Waals surface area contributed by atoms with Crippen molar-refractivity contribution >= 4 is 19.8 Å². The second kappa shape index (κ2) is 53.0. The lowest BCUT2D eigenvalue weighted by atomic mass is 10.0. The molecule has 0 heterocycles. The Hall–Kier alpha value is -2.81. The summed E-state index contributed by atoms with van der Waals surface area (Å²) in [5.41, 5.74) is 0.